The van der Waals surface area contributed by atoms with Gasteiger partial charge in [-0.3, -0.25) is 9.59 Å². The maximum absolute atomic E-state index is 11.4. The number of hydrogen-bond acceptors (Lipinski definition) is 3. The highest BCUT2D eigenvalue weighted by atomic mass is 32.2. The van der Waals surface area contributed by atoms with Crippen LogP contribution in [0.15, 0.2) is 24.3 Å². The molecule has 0 saturated carbocycles. The smallest absolute Gasteiger partial charge is 0.283 e. The lowest BCUT2D eigenvalue weighted by Crippen LogP contribution is -2.10. The Morgan fingerprint density at radius 2 is 1.82 bits per heavy atom. The Morgan fingerprint density at radius 1 is 1.18 bits per heavy atom. The van der Waals surface area contributed by atoms with Crippen molar-refractivity contribution in [3.63, 3.8) is 0 Å². The third-order valence-corrected chi connectivity index (χ3v) is 2.64. The summed E-state index contributed by atoms with van der Waals surface area (Å²) < 4.78 is 0. The molecule has 4 nitrogen and oxygen atoms in total. The maximum Gasteiger partial charge on any atom is 0.283 e. The summed E-state index contributed by atoms with van der Waals surface area (Å²) in [5.74, 6) is 0.689. The molecule has 0 atom stereocenters. The van der Waals surface area contributed by atoms with Crippen LogP contribution in [0.3, 0.4) is 0 Å². The first-order valence-electron chi connectivity index (χ1n) is 5.49. The van der Waals surface area contributed by atoms with Gasteiger partial charge in [0.25, 0.3) is 5.24 Å². The average Bonchev–Trinajstić information content (AvgIpc) is 2.29. The Morgan fingerprint density at radius 3 is 2.41 bits per heavy atom. The summed E-state index contributed by atoms with van der Waals surface area (Å²) in [7, 11) is 0. The summed E-state index contributed by atoms with van der Waals surface area (Å²) >= 11 is 1.21. The molecule has 0 aliphatic carbocycles. The summed E-state index contributed by atoms with van der Waals surface area (Å²) in [6.45, 7) is 3.71. The molecule has 0 aliphatic rings. The molecule has 1 rings (SSSR count). The van der Waals surface area contributed by atoms with Crippen molar-refractivity contribution in [2.75, 3.05) is 16.4 Å². The minimum atomic E-state index is -0.0912. The normalized spacial score (nSPS) is 9.76. The van der Waals surface area contributed by atoms with Crippen LogP contribution in [0.5, 0.6) is 0 Å². The molecule has 92 valence electrons. The molecule has 0 saturated heterocycles. The van der Waals surface area contributed by atoms with Gasteiger partial charge in [0.15, 0.2) is 0 Å². The first-order chi connectivity index (χ1) is 8.15. The number of amides is 2. The lowest BCUT2D eigenvalue weighted by atomic mass is 10.2. The second-order valence-corrected chi connectivity index (χ2v) is 4.56. The third-order valence-electron chi connectivity index (χ3n) is 1.99. The summed E-state index contributed by atoms with van der Waals surface area (Å²) in [6.07, 6.45) is 0.433. The topological polar surface area (TPSA) is 58.2 Å². The van der Waals surface area contributed by atoms with Crippen molar-refractivity contribution in [3.8, 4) is 0 Å². The van der Waals surface area contributed by atoms with Crippen LogP contribution < -0.4 is 10.6 Å². The second-order valence-electron chi connectivity index (χ2n) is 3.33. The van der Waals surface area contributed by atoms with Gasteiger partial charge in [-0.2, -0.15) is 0 Å². The van der Waals surface area contributed by atoms with E-state index in [2.05, 4.69) is 10.6 Å². The molecule has 1 aromatic carbocycles. The van der Waals surface area contributed by atoms with E-state index in [0.717, 1.165) is 5.75 Å². The Labute approximate surface area is 105 Å². The van der Waals surface area contributed by atoms with Gasteiger partial charge in [0.1, 0.15) is 0 Å². The van der Waals surface area contributed by atoms with Crippen LogP contribution in [-0.4, -0.2) is 16.9 Å². The lowest BCUT2D eigenvalue weighted by molar-refractivity contribution is -0.115. The number of anilines is 2. The molecule has 0 unspecified atom stereocenters. The van der Waals surface area contributed by atoms with E-state index in [1.807, 2.05) is 6.92 Å². The van der Waals surface area contributed by atoms with Gasteiger partial charge in [-0.1, -0.05) is 31.7 Å². The standard InChI is InChI=1S/C12H16N2O2S/c1-3-11(15)13-9-6-5-7-10(8-9)14-12(16)17-4-2/h5-8H,3-4H2,1-2H3,(H,13,15)(H,14,16). The quantitative estimate of drug-likeness (QED) is 0.864. The number of rotatable bonds is 4. The zero-order valence-electron chi connectivity index (χ0n) is 9.95. The van der Waals surface area contributed by atoms with Crippen molar-refractivity contribution in [2.45, 2.75) is 20.3 Å². The zero-order chi connectivity index (χ0) is 12.7. The molecule has 0 bridgehead atoms. The van der Waals surface area contributed by atoms with Crippen molar-refractivity contribution in [2.24, 2.45) is 0 Å². The SMILES string of the molecule is CCSC(=O)Nc1cccc(NC(=O)CC)c1. The van der Waals surface area contributed by atoms with Crippen molar-refractivity contribution in [1.29, 1.82) is 0 Å². The minimum absolute atomic E-state index is 0.0450. The van der Waals surface area contributed by atoms with E-state index in [1.54, 1.807) is 31.2 Å². The van der Waals surface area contributed by atoms with Gasteiger partial charge in [0.05, 0.1) is 0 Å². The first kappa shape index (κ1) is 13.6. The second kappa shape index (κ2) is 6.96. The first-order valence-corrected chi connectivity index (χ1v) is 6.48. The lowest BCUT2D eigenvalue weighted by Gasteiger charge is -2.07. The number of thioether (sulfide) groups is 1. The van der Waals surface area contributed by atoms with Gasteiger partial charge in [-0.05, 0) is 24.0 Å². The molecular formula is C12H16N2O2S. The van der Waals surface area contributed by atoms with Crippen LogP contribution in [0.1, 0.15) is 20.3 Å². The summed E-state index contributed by atoms with van der Waals surface area (Å²) in [6, 6.07) is 7.10. The van der Waals surface area contributed by atoms with Gasteiger partial charge in [-0.15, -0.1) is 0 Å². The monoisotopic (exact) mass is 252 g/mol. The van der Waals surface area contributed by atoms with Crippen LogP contribution in [0, 0.1) is 0 Å². The van der Waals surface area contributed by atoms with E-state index >= 15 is 0 Å². The molecule has 0 fully saturated rings. The predicted octanol–water partition coefficient (Wildman–Crippen LogP) is 3.32. The van der Waals surface area contributed by atoms with Crippen molar-refractivity contribution in [1.82, 2.24) is 0 Å². The highest BCUT2D eigenvalue weighted by molar-refractivity contribution is 8.13. The van der Waals surface area contributed by atoms with Crippen LogP contribution >= 0.6 is 11.8 Å². The van der Waals surface area contributed by atoms with E-state index in [1.165, 1.54) is 11.8 Å². The Bertz CT molecular complexity index is 407. The number of benzene rings is 1. The molecule has 2 N–H and O–H groups in total. The van der Waals surface area contributed by atoms with E-state index < -0.39 is 0 Å². The van der Waals surface area contributed by atoms with Gasteiger partial charge >= 0.3 is 0 Å². The van der Waals surface area contributed by atoms with Crippen molar-refractivity contribution < 1.29 is 9.59 Å². The van der Waals surface area contributed by atoms with Crippen LogP contribution in [-0.2, 0) is 4.79 Å². The highest BCUT2D eigenvalue weighted by Crippen LogP contribution is 2.17. The molecule has 1 aromatic rings. The molecule has 0 aromatic heterocycles. The van der Waals surface area contributed by atoms with E-state index in [9.17, 15) is 9.59 Å². The van der Waals surface area contributed by atoms with Crippen LogP contribution in [0.25, 0.3) is 0 Å². The minimum Gasteiger partial charge on any atom is -0.326 e. The Kier molecular flexibility index (Phi) is 5.56. The molecule has 0 radical (unpaired) electrons. The number of nitrogens with one attached hydrogen (secondary N) is 2. The van der Waals surface area contributed by atoms with Gasteiger partial charge in [0, 0.05) is 17.8 Å². The van der Waals surface area contributed by atoms with E-state index in [0.29, 0.717) is 17.8 Å². The zero-order valence-corrected chi connectivity index (χ0v) is 10.8. The molecule has 5 heteroatoms. The third kappa shape index (κ3) is 4.91. The van der Waals surface area contributed by atoms with E-state index in [4.69, 9.17) is 0 Å². The molecule has 0 heterocycles. The summed E-state index contributed by atoms with van der Waals surface area (Å²) in [4.78, 5) is 22.6. The molecule has 0 aliphatic heterocycles. The van der Waals surface area contributed by atoms with Gasteiger partial charge in [0.2, 0.25) is 5.91 Å². The number of carbonyl (C=O) groups excluding carboxylic acids is 2. The average molecular weight is 252 g/mol. The fourth-order valence-corrected chi connectivity index (χ4v) is 1.66. The summed E-state index contributed by atoms with van der Waals surface area (Å²) in [5, 5.41) is 5.40. The van der Waals surface area contributed by atoms with E-state index in [-0.39, 0.29) is 11.1 Å². The van der Waals surface area contributed by atoms with Crippen molar-refractivity contribution >= 4 is 34.3 Å². The largest absolute Gasteiger partial charge is 0.326 e. The maximum atomic E-state index is 11.4. The Hall–Kier alpha value is -1.49. The highest BCUT2D eigenvalue weighted by Gasteiger charge is 2.03. The van der Waals surface area contributed by atoms with Crippen LogP contribution in [0.2, 0.25) is 0 Å². The molecule has 0 spiro atoms. The summed E-state index contributed by atoms with van der Waals surface area (Å²) in [5.41, 5.74) is 1.38. The molecular weight excluding hydrogens is 236 g/mol. The predicted molar refractivity (Wildman–Crippen MR) is 72.5 cm³/mol. The van der Waals surface area contributed by atoms with Gasteiger partial charge in [-0.25, -0.2) is 0 Å². The number of hydrogen-bond donors (Lipinski definition) is 2. The van der Waals surface area contributed by atoms with Crippen LogP contribution in [0.4, 0.5) is 16.2 Å². The molecule has 2 amide bonds. The number of carbonyl (C=O) groups is 2. The fraction of sp³-hybridized carbons (Fsp3) is 0.333. The molecule has 17 heavy (non-hydrogen) atoms. The van der Waals surface area contributed by atoms with Crippen molar-refractivity contribution in [3.05, 3.63) is 24.3 Å². The van der Waals surface area contributed by atoms with Gasteiger partial charge < -0.3 is 10.6 Å². The Balaban J connectivity index is 2.65. The fourth-order valence-electron chi connectivity index (χ4n) is 1.21.